The van der Waals surface area contributed by atoms with E-state index in [0.29, 0.717) is 22.5 Å². The van der Waals surface area contributed by atoms with E-state index >= 15 is 0 Å². The van der Waals surface area contributed by atoms with Crippen molar-refractivity contribution < 1.29 is 9.50 Å². The molecule has 0 spiro atoms. The molecule has 0 radical (unpaired) electrons. The van der Waals surface area contributed by atoms with Crippen LogP contribution in [0, 0.1) is 5.82 Å². The fourth-order valence-corrected chi connectivity index (χ4v) is 2.12. The summed E-state index contributed by atoms with van der Waals surface area (Å²) in [6, 6.07) is 9.38. The van der Waals surface area contributed by atoms with E-state index in [4.69, 9.17) is 0 Å². The Morgan fingerprint density at radius 1 is 1.17 bits per heavy atom. The van der Waals surface area contributed by atoms with Crippen molar-refractivity contribution in [1.29, 1.82) is 0 Å². The van der Waals surface area contributed by atoms with Crippen molar-refractivity contribution in [3.8, 4) is 11.3 Å². The number of pyridine rings is 1. The second-order valence-electron chi connectivity index (χ2n) is 5.15. The maximum absolute atomic E-state index is 13.1. The lowest BCUT2D eigenvalue weighted by molar-refractivity contribution is 0.384. The van der Waals surface area contributed by atoms with Gasteiger partial charge in [-0.25, -0.2) is 19.3 Å². The van der Waals surface area contributed by atoms with Crippen LogP contribution in [-0.2, 0) is 0 Å². The first-order chi connectivity index (χ1) is 11.0. The topological polar surface area (TPSA) is 70.9 Å². The number of anilines is 1. The van der Waals surface area contributed by atoms with Gasteiger partial charge in [0.1, 0.15) is 23.4 Å². The van der Waals surface area contributed by atoms with Crippen LogP contribution in [0.3, 0.4) is 0 Å². The minimum atomic E-state index is -0.371. The highest BCUT2D eigenvalue weighted by atomic mass is 19.1. The second kappa shape index (κ2) is 6.00. The molecule has 23 heavy (non-hydrogen) atoms. The molecule has 0 aliphatic rings. The summed E-state index contributed by atoms with van der Waals surface area (Å²) in [7, 11) is 0. The third-order valence-electron chi connectivity index (χ3n) is 3.47. The Labute approximate surface area is 132 Å². The molecule has 1 unspecified atom stereocenters. The molecule has 0 bridgehead atoms. The van der Waals surface area contributed by atoms with Crippen LogP contribution < -0.4 is 5.32 Å². The Hall–Kier alpha value is -3.02. The highest BCUT2D eigenvalue weighted by molar-refractivity contribution is 5.87. The quantitative estimate of drug-likeness (QED) is 0.719. The predicted molar refractivity (Wildman–Crippen MR) is 87.6 cm³/mol. The maximum atomic E-state index is 13.1. The lowest BCUT2D eigenvalue weighted by Gasteiger charge is -2.14. The van der Waals surface area contributed by atoms with E-state index < -0.39 is 0 Å². The lowest BCUT2D eigenvalue weighted by Crippen LogP contribution is -2.18. The van der Waals surface area contributed by atoms with Gasteiger partial charge in [-0.15, -0.1) is 0 Å². The molecule has 6 heteroatoms. The van der Waals surface area contributed by atoms with Gasteiger partial charge >= 0.3 is 0 Å². The maximum Gasteiger partial charge on any atom is 0.156 e. The molecule has 116 valence electrons. The summed E-state index contributed by atoms with van der Waals surface area (Å²) in [4.78, 5) is 12.9. The van der Waals surface area contributed by atoms with Gasteiger partial charge in [-0.05, 0) is 43.3 Å². The zero-order chi connectivity index (χ0) is 16.4. The van der Waals surface area contributed by atoms with Gasteiger partial charge < -0.3 is 10.4 Å². The fourth-order valence-electron chi connectivity index (χ4n) is 2.12. The van der Waals surface area contributed by atoms with Crippen molar-refractivity contribution in [3.63, 3.8) is 0 Å². The molecule has 0 saturated heterocycles. The zero-order valence-electron chi connectivity index (χ0n) is 12.5. The molecule has 1 aromatic carbocycles. The largest absolute Gasteiger partial charge is 0.511 e. The number of nitrogens with zero attached hydrogens (tertiary/aromatic N) is 3. The van der Waals surface area contributed by atoms with Crippen molar-refractivity contribution in [2.45, 2.75) is 13.0 Å². The van der Waals surface area contributed by atoms with Crippen LogP contribution in [0.1, 0.15) is 6.92 Å². The number of halogens is 1. The van der Waals surface area contributed by atoms with E-state index in [1.807, 2.05) is 12.1 Å². The van der Waals surface area contributed by atoms with Crippen LogP contribution in [0.15, 0.2) is 55.1 Å². The minimum absolute atomic E-state index is 0.00597. The summed E-state index contributed by atoms with van der Waals surface area (Å²) in [5.41, 5.74) is 2.72. The normalized spacial score (nSPS) is 12.1. The average molecular weight is 310 g/mol. The molecule has 3 rings (SSSR count). The molecule has 1 atom stereocenters. The van der Waals surface area contributed by atoms with E-state index in [-0.39, 0.29) is 17.6 Å². The summed E-state index contributed by atoms with van der Waals surface area (Å²) in [5.74, 6) is 0.212. The Balaban J connectivity index is 2.06. The second-order valence-corrected chi connectivity index (χ2v) is 5.15. The van der Waals surface area contributed by atoms with Crippen molar-refractivity contribution in [2.24, 2.45) is 0 Å². The number of aromatic nitrogens is 3. The Morgan fingerprint density at radius 3 is 2.61 bits per heavy atom. The number of aliphatic hydroxyl groups is 1. The van der Waals surface area contributed by atoms with Gasteiger partial charge in [0.15, 0.2) is 5.82 Å². The highest BCUT2D eigenvalue weighted by Gasteiger charge is 2.11. The third-order valence-corrected chi connectivity index (χ3v) is 3.47. The van der Waals surface area contributed by atoms with Crippen LogP contribution >= 0.6 is 0 Å². The van der Waals surface area contributed by atoms with E-state index in [9.17, 15) is 9.50 Å². The molecular formula is C17H15FN4O. The number of aliphatic hydroxyl groups excluding tert-OH is 1. The van der Waals surface area contributed by atoms with Gasteiger partial charge in [0, 0.05) is 5.56 Å². The van der Waals surface area contributed by atoms with Gasteiger partial charge in [0.25, 0.3) is 0 Å². The molecule has 0 aliphatic heterocycles. The highest BCUT2D eigenvalue weighted by Crippen LogP contribution is 2.24. The van der Waals surface area contributed by atoms with Gasteiger partial charge in [-0.1, -0.05) is 6.58 Å². The summed E-state index contributed by atoms with van der Waals surface area (Å²) in [5, 5.41) is 12.5. The van der Waals surface area contributed by atoms with Crippen molar-refractivity contribution in [2.75, 3.05) is 5.32 Å². The molecular weight excluding hydrogens is 295 g/mol. The summed E-state index contributed by atoms with van der Waals surface area (Å²) in [6.07, 6.45) is 1.43. The summed E-state index contributed by atoms with van der Waals surface area (Å²) in [6.45, 7) is 5.26. The monoisotopic (exact) mass is 310 g/mol. The molecule has 0 fully saturated rings. The van der Waals surface area contributed by atoms with E-state index in [0.717, 1.165) is 5.56 Å². The van der Waals surface area contributed by atoms with Crippen LogP contribution in [-0.4, -0.2) is 26.1 Å². The number of nitrogens with one attached hydrogen (secondary N) is 1. The molecule has 0 aliphatic carbocycles. The molecule has 3 aromatic rings. The Bertz CT molecular complexity index is 864. The number of benzene rings is 1. The molecule has 5 nitrogen and oxygen atoms in total. The Kier molecular flexibility index (Phi) is 3.89. The first-order valence-corrected chi connectivity index (χ1v) is 7.06. The van der Waals surface area contributed by atoms with Gasteiger partial charge in [0.2, 0.25) is 0 Å². The third kappa shape index (κ3) is 3.11. The zero-order valence-corrected chi connectivity index (χ0v) is 12.5. The SMILES string of the molecule is C=C(O)C(C)Nc1ncnc2ccc(-c3ccc(F)cc3)nc12. The van der Waals surface area contributed by atoms with Crippen molar-refractivity contribution in [1.82, 2.24) is 15.0 Å². The smallest absolute Gasteiger partial charge is 0.156 e. The lowest BCUT2D eigenvalue weighted by atomic mass is 10.1. The molecule has 0 amide bonds. The van der Waals surface area contributed by atoms with Crippen LogP contribution in [0.4, 0.5) is 10.2 Å². The van der Waals surface area contributed by atoms with Gasteiger partial charge in [-0.2, -0.15) is 0 Å². The standard InChI is InChI=1S/C17H15FN4O/c1-10(11(2)23)21-17-16-15(19-9-20-17)8-7-14(22-16)12-3-5-13(18)6-4-12/h3-10,23H,2H2,1H3,(H,19,20,21). The first-order valence-electron chi connectivity index (χ1n) is 7.06. The van der Waals surface area contributed by atoms with Crippen LogP contribution in [0.2, 0.25) is 0 Å². The van der Waals surface area contributed by atoms with Crippen LogP contribution in [0.5, 0.6) is 0 Å². The van der Waals surface area contributed by atoms with Gasteiger partial charge in [0.05, 0.1) is 17.3 Å². The molecule has 0 saturated carbocycles. The van der Waals surface area contributed by atoms with Crippen LogP contribution in [0.25, 0.3) is 22.3 Å². The van der Waals surface area contributed by atoms with E-state index in [1.54, 1.807) is 19.1 Å². The molecule has 2 heterocycles. The van der Waals surface area contributed by atoms with Crippen molar-refractivity contribution in [3.05, 3.63) is 60.9 Å². The van der Waals surface area contributed by atoms with E-state index in [2.05, 4.69) is 26.8 Å². The number of hydrogen-bond donors (Lipinski definition) is 2. The number of rotatable bonds is 4. The molecule has 2 aromatic heterocycles. The average Bonchev–Trinajstić information content (AvgIpc) is 2.55. The fraction of sp³-hybridized carbons (Fsp3) is 0.118. The predicted octanol–water partition coefficient (Wildman–Crippen LogP) is 3.70. The number of hydrogen-bond acceptors (Lipinski definition) is 5. The Morgan fingerprint density at radius 2 is 1.91 bits per heavy atom. The van der Waals surface area contributed by atoms with E-state index in [1.165, 1.54) is 18.5 Å². The number of fused-ring (bicyclic) bond motifs is 1. The summed E-state index contributed by atoms with van der Waals surface area (Å²) >= 11 is 0. The molecule has 2 N–H and O–H groups in total. The first kappa shape index (κ1) is 14.9. The van der Waals surface area contributed by atoms with Gasteiger partial charge in [-0.3, -0.25) is 0 Å². The minimum Gasteiger partial charge on any atom is -0.511 e. The summed E-state index contributed by atoms with van der Waals surface area (Å²) < 4.78 is 13.1. The van der Waals surface area contributed by atoms with Crippen molar-refractivity contribution >= 4 is 16.9 Å².